The van der Waals surface area contributed by atoms with Crippen LogP contribution in [0.15, 0.2) is 66.7 Å². The van der Waals surface area contributed by atoms with Crippen LogP contribution in [0.2, 0.25) is 0 Å². The molecule has 0 N–H and O–H groups in total. The monoisotopic (exact) mass is 516 g/mol. The van der Waals surface area contributed by atoms with Crippen molar-refractivity contribution in [2.24, 2.45) is 0 Å². The number of fused-ring (bicyclic) bond motifs is 2. The van der Waals surface area contributed by atoms with Crippen molar-refractivity contribution in [3.63, 3.8) is 0 Å². The van der Waals surface area contributed by atoms with Crippen LogP contribution in [0.5, 0.6) is 0 Å². The average molecular weight is 516 g/mol. The van der Waals surface area contributed by atoms with E-state index in [0.717, 1.165) is 11.1 Å². The Kier molecular flexibility index (Phi) is 5.64. The molecule has 0 spiro atoms. The van der Waals surface area contributed by atoms with E-state index in [-0.39, 0.29) is 10.8 Å². The average Bonchev–Trinajstić information content (AvgIpc) is 2.72. The van der Waals surface area contributed by atoms with E-state index >= 15 is 0 Å². The largest absolute Gasteiger partial charge is 0.0616 e. The predicted molar refractivity (Wildman–Crippen MR) is 144 cm³/mol. The van der Waals surface area contributed by atoms with E-state index in [2.05, 4.69) is 143 Å². The van der Waals surface area contributed by atoms with E-state index in [1.54, 1.807) is 0 Å². The first-order valence-corrected chi connectivity index (χ1v) is 11.9. The first-order chi connectivity index (χ1) is 14.6. The highest BCUT2D eigenvalue weighted by molar-refractivity contribution is 14.1. The molecule has 0 aliphatic rings. The maximum atomic E-state index is 3.58. The van der Waals surface area contributed by atoms with Gasteiger partial charge in [-0.1, -0.05) is 108 Å². The molecule has 0 fully saturated rings. The minimum absolute atomic E-state index is 0.0833. The molecular formula is C30H29I. The highest BCUT2D eigenvalue weighted by Gasteiger charge is 2.20. The molecule has 4 aromatic carbocycles. The fourth-order valence-electron chi connectivity index (χ4n) is 3.91. The smallest absolute Gasteiger partial charge is 0.0406 e. The second kappa shape index (κ2) is 7.99. The van der Waals surface area contributed by atoms with Crippen LogP contribution in [0.4, 0.5) is 0 Å². The molecule has 0 aliphatic carbocycles. The van der Waals surface area contributed by atoms with E-state index in [1.165, 1.54) is 36.2 Å². The fourth-order valence-corrected chi connectivity index (χ4v) is 4.85. The summed E-state index contributed by atoms with van der Waals surface area (Å²) in [5, 5.41) is 4.98. The van der Waals surface area contributed by atoms with Crippen LogP contribution in [-0.4, -0.2) is 0 Å². The van der Waals surface area contributed by atoms with Gasteiger partial charge in [0.25, 0.3) is 0 Å². The van der Waals surface area contributed by atoms with E-state index in [9.17, 15) is 0 Å². The fraction of sp³-hybridized carbons (Fsp3) is 0.267. The number of halogens is 1. The molecule has 0 unspecified atom stereocenters. The van der Waals surface area contributed by atoms with Crippen LogP contribution in [0.25, 0.3) is 21.5 Å². The maximum Gasteiger partial charge on any atom is 0.0406 e. The highest BCUT2D eigenvalue weighted by atomic mass is 127. The Morgan fingerprint density at radius 2 is 1.00 bits per heavy atom. The quantitative estimate of drug-likeness (QED) is 0.125. The van der Waals surface area contributed by atoms with Crippen molar-refractivity contribution in [2.75, 3.05) is 0 Å². The normalized spacial score (nSPS) is 12.1. The Morgan fingerprint density at radius 3 is 1.42 bits per heavy atom. The zero-order valence-corrected chi connectivity index (χ0v) is 21.4. The molecule has 0 aromatic heterocycles. The van der Waals surface area contributed by atoms with Crippen LogP contribution in [0, 0.1) is 15.4 Å². The molecule has 4 aromatic rings. The number of benzene rings is 4. The summed E-state index contributed by atoms with van der Waals surface area (Å²) >= 11 is 2.47. The molecule has 156 valence electrons. The SMILES string of the molecule is CC(C)(C)c1cc(C#Cc2c3ccccc3c(I)c3ccccc23)cc(C(C)(C)C)c1. The molecular weight excluding hydrogens is 487 g/mol. The van der Waals surface area contributed by atoms with Crippen molar-refractivity contribution in [2.45, 2.75) is 52.4 Å². The molecule has 0 saturated carbocycles. The summed E-state index contributed by atoms with van der Waals surface area (Å²) in [5.74, 6) is 7.12. The van der Waals surface area contributed by atoms with E-state index < -0.39 is 0 Å². The molecule has 0 atom stereocenters. The Hall–Kier alpha value is -2.31. The molecule has 0 heterocycles. The number of hydrogen-bond donors (Lipinski definition) is 0. The van der Waals surface area contributed by atoms with Crippen molar-refractivity contribution in [1.82, 2.24) is 0 Å². The van der Waals surface area contributed by atoms with Gasteiger partial charge in [0.1, 0.15) is 0 Å². The lowest BCUT2D eigenvalue weighted by atomic mass is 9.79. The Labute approximate surface area is 200 Å². The van der Waals surface area contributed by atoms with Gasteiger partial charge in [-0.15, -0.1) is 0 Å². The maximum absolute atomic E-state index is 3.58. The van der Waals surface area contributed by atoms with Crippen molar-refractivity contribution in [1.29, 1.82) is 0 Å². The highest BCUT2D eigenvalue weighted by Crippen LogP contribution is 2.34. The third-order valence-corrected chi connectivity index (χ3v) is 7.02. The summed E-state index contributed by atoms with van der Waals surface area (Å²) in [6.07, 6.45) is 0. The van der Waals surface area contributed by atoms with Gasteiger partial charge in [-0.25, -0.2) is 0 Å². The molecule has 0 nitrogen and oxygen atoms in total. The van der Waals surface area contributed by atoms with Crippen molar-refractivity contribution < 1.29 is 0 Å². The third kappa shape index (κ3) is 4.37. The third-order valence-electron chi connectivity index (χ3n) is 5.86. The van der Waals surface area contributed by atoms with Gasteiger partial charge in [0.2, 0.25) is 0 Å². The van der Waals surface area contributed by atoms with Gasteiger partial charge >= 0.3 is 0 Å². The number of rotatable bonds is 0. The van der Waals surface area contributed by atoms with Crippen LogP contribution in [0.3, 0.4) is 0 Å². The summed E-state index contributed by atoms with van der Waals surface area (Å²) in [6.45, 7) is 13.6. The summed E-state index contributed by atoms with van der Waals surface area (Å²) in [5.41, 5.74) is 5.04. The van der Waals surface area contributed by atoms with Crippen LogP contribution in [0.1, 0.15) is 63.8 Å². The second-order valence-corrected chi connectivity index (χ2v) is 11.4. The van der Waals surface area contributed by atoms with E-state index in [0.29, 0.717) is 0 Å². The molecule has 4 rings (SSSR count). The van der Waals surface area contributed by atoms with Gasteiger partial charge in [-0.05, 0) is 78.2 Å². The van der Waals surface area contributed by atoms with Crippen molar-refractivity contribution >= 4 is 44.1 Å². The summed E-state index contributed by atoms with van der Waals surface area (Å²) in [7, 11) is 0. The lowest BCUT2D eigenvalue weighted by Crippen LogP contribution is -2.16. The van der Waals surface area contributed by atoms with Gasteiger partial charge in [0.15, 0.2) is 0 Å². The minimum Gasteiger partial charge on any atom is -0.0616 e. The predicted octanol–water partition coefficient (Wildman–Crippen LogP) is 8.59. The minimum atomic E-state index is 0.0833. The molecule has 0 bridgehead atoms. The zero-order valence-electron chi connectivity index (χ0n) is 19.2. The second-order valence-electron chi connectivity index (χ2n) is 10.3. The van der Waals surface area contributed by atoms with Crippen LogP contribution in [-0.2, 0) is 10.8 Å². The lowest BCUT2D eigenvalue weighted by Gasteiger charge is -2.25. The van der Waals surface area contributed by atoms with Gasteiger partial charge in [-0.3, -0.25) is 0 Å². The zero-order chi connectivity index (χ0) is 22.4. The first-order valence-electron chi connectivity index (χ1n) is 10.8. The summed E-state index contributed by atoms with van der Waals surface area (Å²) < 4.78 is 1.29. The van der Waals surface area contributed by atoms with Crippen molar-refractivity contribution in [3.8, 4) is 11.8 Å². The molecule has 0 amide bonds. The van der Waals surface area contributed by atoms with Gasteiger partial charge in [0, 0.05) is 14.7 Å². The van der Waals surface area contributed by atoms with Gasteiger partial charge in [-0.2, -0.15) is 0 Å². The molecule has 0 saturated heterocycles. The Bertz CT molecular complexity index is 1260. The topological polar surface area (TPSA) is 0 Å². The van der Waals surface area contributed by atoms with Crippen LogP contribution < -0.4 is 0 Å². The summed E-state index contributed by atoms with van der Waals surface area (Å²) in [6, 6.07) is 24.1. The number of hydrogen-bond acceptors (Lipinski definition) is 0. The molecule has 0 aliphatic heterocycles. The molecule has 31 heavy (non-hydrogen) atoms. The van der Waals surface area contributed by atoms with Gasteiger partial charge < -0.3 is 0 Å². The first kappa shape index (κ1) is 21.9. The standard InChI is InChI=1S/C30H29I/c1-29(2,3)21-17-20(18-22(19-21)30(4,5)6)15-16-25-23-11-7-9-13-26(23)28(31)27-14-10-8-12-24(25)27/h7-14,17-19H,1-6H3. The van der Waals surface area contributed by atoms with E-state index in [4.69, 9.17) is 0 Å². The Balaban J connectivity index is 1.98. The van der Waals surface area contributed by atoms with E-state index in [1.807, 2.05) is 0 Å². The molecule has 1 heteroatoms. The summed E-state index contributed by atoms with van der Waals surface area (Å²) in [4.78, 5) is 0. The van der Waals surface area contributed by atoms with Crippen LogP contribution >= 0.6 is 22.6 Å². The Morgan fingerprint density at radius 1 is 0.581 bits per heavy atom. The van der Waals surface area contributed by atoms with Crippen molar-refractivity contribution in [3.05, 3.63) is 92.6 Å². The van der Waals surface area contributed by atoms with Gasteiger partial charge in [0.05, 0.1) is 0 Å². The molecule has 0 radical (unpaired) electrons. The lowest BCUT2D eigenvalue weighted by molar-refractivity contribution is 0.568.